The van der Waals surface area contributed by atoms with Gasteiger partial charge in [0.25, 0.3) is 11.8 Å². The zero-order chi connectivity index (χ0) is 22.8. The number of nitrogens with zero attached hydrogens (tertiary/aromatic N) is 3. The first-order chi connectivity index (χ1) is 14.6. The van der Waals surface area contributed by atoms with Crippen molar-refractivity contribution in [3.05, 3.63) is 40.9 Å². The topological polar surface area (TPSA) is 167 Å². The second-order valence-electron chi connectivity index (χ2n) is 7.22. The summed E-state index contributed by atoms with van der Waals surface area (Å²) in [6.45, 7) is 2.69. The number of oxime groups is 1. The molecule has 0 aliphatic carbocycles. The molecule has 11 nitrogen and oxygen atoms in total. The Bertz CT molecular complexity index is 1030. The van der Waals surface area contributed by atoms with Gasteiger partial charge >= 0.3 is 5.97 Å². The zero-order valence-electron chi connectivity index (χ0n) is 16.7. The number of rotatable bonds is 8. The van der Waals surface area contributed by atoms with E-state index in [0.717, 1.165) is 11.3 Å². The molecule has 164 valence electrons. The normalized spacial score (nSPS) is 16.6. The lowest BCUT2D eigenvalue weighted by atomic mass is 10.0. The molecule has 1 aromatic heterocycles. The molecular formula is C19H21N5O6S. The summed E-state index contributed by atoms with van der Waals surface area (Å²) in [5.74, 6) is -2.35. The molecule has 0 bridgehead atoms. The van der Waals surface area contributed by atoms with Crippen LogP contribution in [0.5, 0.6) is 0 Å². The SMILES string of the molecule is CC(C)(O/N=C(\C(=O)NC1CN(c2ccc(CO)cc2)C1=O)c1csc(N)n1)C(=O)O. The summed E-state index contributed by atoms with van der Waals surface area (Å²) in [6.07, 6.45) is 0. The summed E-state index contributed by atoms with van der Waals surface area (Å²) in [6, 6.07) is 6.02. The number of nitrogen functional groups attached to an aromatic ring is 1. The minimum absolute atomic E-state index is 0.100. The van der Waals surface area contributed by atoms with Crippen LogP contribution >= 0.6 is 11.3 Å². The number of carbonyl (C=O) groups is 3. The molecule has 2 aromatic rings. The van der Waals surface area contributed by atoms with Crippen LogP contribution in [0.25, 0.3) is 0 Å². The van der Waals surface area contributed by atoms with Crippen molar-refractivity contribution < 1.29 is 29.4 Å². The molecule has 1 aromatic carbocycles. The monoisotopic (exact) mass is 447 g/mol. The Hall–Kier alpha value is -3.51. The van der Waals surface area contributed by atoms with Crippen molar-refractivity contribution in [3.8, 4) is 0 Å². The van der Waals surface area contributed by atoms with Gasteiger partial charge in [-0.3, -0.25) is 9.59 Å². The third kappa shape index (κ3) is 4.81. The molecule has 1 aliphatic heterocycles. The Morgan fingerprint density at radius 2 is 2.06 bits per heavy atom. The molecule has 0 spiro atoms. The molecule has 1 fully saturated rings. The first-order valence-electron chi connectivity index (χ1n) is 9.15. The molecular weight excluding hydrogens is 426 g/mol. The van der Waals surface area contributed by atoms with Gasteiger partial charge in [0.2, 0.25) is 5.60 Å². The first-order valence-corrected chi connectivity index (χ1v) is 10.0. The van der Waals surface area contributed by atoms with Crippen molar-refractivity contribution in [1.29, 1.82) is 0 Å². The molecule has 2 amide bonds. The van der Waals surface area contributed by atoms with Crippen molar-refractivity contribution in [3.63, 3.8) is 0 Å². The van der Waals surface area contributed by atoms with Crippen molar-refractivity contribution in [1.82, 2.24) is 10.3 Å². The summed E-state index contributed by atoms with van der Waals surface area (Å²) in [4.78, 5) is 47.0. The number of aliphatic hydroxyl groups is 1. The number of hydrogen-bond acceptors (Lipinski definition) is 9. The number of aliphatic carboxylic acids is 1. The summed E-state index contributed by atoms with van der Waals surface area (Å²) in [5, 5.41) is 26.2. The lowest BCUT2D eigenvalue weighted by Gasteiger charge is -2.38. The number of anilines is 2. The number of amides is 2. The highest BCUT2D eigenvalue weighted by molar-refractivity contribution is 7.13. The minimum atomic E-state index is -1.68. The number of carboxylic acid groups (broad SMARTS) is 1. The molecule has 5 N–H and O–H groups in total. The predicted octanol–water partition coefficient (Wildman–Crippen LogP) is 0.333. The number of aromatic nitrogens is 1. The third-order valence-corrected chi connectivity index (χ3v) is 5.20. The van der Waals surface area contributed by atoms with Gasteiger partial charge in [-0.1, -0.05) is 17.3 Å². The van der Waals surface area contributed by atoms with E-state index in [1.807, 2.05) is 0 Å². The fourth-order valence-corrected chi connectivity index (χ4v) is 3.12. The van der Waals surface area contributed by atoms with Crippen LogP contribution in [-0.2, 0) is 25.8 Å². The lowest BCUT2D eigenvalue weighted by Crippen LogP contribution is -2.65. The van der Waals surface area contributed by atoms with E-state index in [0.29, 0.717) is 11.3 Å². The van der Waals surface area contributed by atoms with E-state index < -0.39 is 23.5 Å². The van der Waals surface area contributed by atoms with Crippen molar-refractivity contribution in [2.45, 2.75) is 32.1 Å². The van der Waals surface area contributed by atoms with Crippen molar-refractivity contribution in [2.75, 3.05) is 17.2 Å². The van der Waals surface area contributed by atoms with Gasteiger partial charge < -0.3 is 31.0 Å². The van der Waals surface area contributed by atoms with Crippen LogP contribution in [-0.4, -0.2) is 56.9 Å². The summed E-state index contributed by atoms with van der Waals surface area (Å²) in [5.41, 5.74) is 5.10. The standard InChI is InChI=1S/C19H21N5O6S/c1-19(2,17(28)29)30-23-14(13-9-31-18(20)22-13)15(26)21-12-7-24(16(12)27)11-5-3-10(8-25)4-6-11/h3-6,9,12,25H,7-8H2,1-2H3,(H2,20,22)(H,21,26)(H,28,29)/b23-14-. The van der Waals surface area contributed by atoms with E-state index >= 15 is 0 Å². The summed E-state index contributed by atoms with van der Waals surface area (Å²) in [7, 11) is 0. The van der Waals surface area contributed by atoms with Gasteiger partial charge in [-0.25, -0.2) is 9.78 Å². The fraction of sp³-hybridized carbons (Fsp3) is 0.316. The summed E-state index contributed by atoms with van der Waals surface area (Å²) >= 11 is 1.07. The third-order valence-electron chi connectivity index (χ3n) is 4.53. The Kier molecular flexibility index (Phi) is 6.22. The predicted molar refractivity (Wildman–Crippen MR) is 113 cm³/mol. The maximum atomic E-state index is 12.8. The fourth-order valence-electron chi connectivity index (χ4n) is 2.57. The largest absolute Gasteiger partial charge is 0.478 e. The van der Waals surface area contributed by atoms with E-state index in [2.05, 4.69) is 15.5 Å². The number of β-lactam (4-membered cyclic amide) rings is 1. The lowest BCUT2D eigenvalue weighted by molar-refractivity contribution is -0.161. The number of benzene rings is 1. The van der Waals surface area contributed by atoms with Crippen LogP contribution in [0.2, 0.25) is 0 Å². The Morgan fingerprint density at radius 1 is 1.39 bits per heavy atom. The number of thiazole rings is 1. The Morgan fingerprint density at radius 3 is 2.58 bits per heavy atom. The highest BCUT2D eigenvalue weighted by atomic mass is 32.1. The van der Waals surface area contributed by atoms with Crippen LogP contribution < -0.4 is 16.0 Å². The molecule has 1 unspecified atom stereocenters. The van der Waals surface area contributed by atoms with Crippen LogP contribution in [0, 0.1) is 0 Å². The molecule has 1 saturated heterocycles. The molecule has 12 heteroatoms. The van der Waals surface area contributed by atoms with Crippen molar-refractivity contribution >= 4 is 45.7 Å². The number of hydrogen-bond donors (Lipinski definition) is 4. The quantitative estimate of drug-likeness (QED) is 0.255. The molecule has 1 aliphatic rings. The number of aliphatic hydroxyl groups excluding tert-OH is 1. The maximum Gasteiger partial charge on any atom is 0.350 e. The van der Waals surface area contributed by atoms with E-state index in [9.17, 15) is 19.5 Å². The first kappa shape index (κ1) is 22.2. The van der Waals surface area contributed by atoms with Gasteiger partial charge in [0.05, 0.1) is 13.2 Å². The average Bonchev–Trinajstić information content (AvgIpc) is 3.16. The van der Waals surface area contributed by atoms with Gasteiger partial charge in [-0.05, 0) is 31.5 Å². The molecule has 31 heavy (non-hydrogen) atoms. The Balaban J connectivity index is 1.72. The van der Waals surface area contributed by atoms with Crippen LogP contribution in [0.4, 0.5) is 10.8 Å². The number of nitrogens with two attached hydrogens (primary N) is 1. The second-order valence-corrected chi connectivity index (χ2v) is 8.11. The summed E-state index contributed by atoms with van der Waals surface area (Å²) < 4.78 is 0. The molecule has 2 heterocycles. The van der Waals surface area contributed by atoms with Gasteiger partial charge in [0.1, 0.15) is 11.7 Å². The highest BCUT2D eigenvalue weighted by Crippen LogP contribution is 2.23. The molecule has 1 atom stereocenters. The number of carbonyl (C=O) groups excluding carboxylic acids is 2. The average molecular weight is 447 g/mol. The van der Waals surface area contributed by atoms with Gasteiger partial charge in [0, 0.05) is 11.1 Å². The Labute approximate surface area is 181 Å². The van der Waals surface area contributed by atoms with Gasteiger partial charge in [-0.2, -0.15) is 0 Å². The van der Waals surface area contributed by atoms with Crippen LogP contribution in [0.3, 0.4) is 0 Å². The van der Waals surface area contributed by atoms with E-state index in [-0.39, 0.29) is 35.6 Å². The van der Waals surface area contributed by atoms with Gasteiger partial charge in [-0.15, -0.1) is 11.3 Å². The second kappa shape index (κ2) is 8.70. The van der Waals surface area contributed by atoms with E-state index in [4.69, 9.17) is 15.7 Å². The van der Waals surface area contributed by atoms with Crippen LogP contribution in [0.15, 0.2) is 34.8 Å². The van der Waals surface area contributed by atoms with Crippen molar-refractivity contribution in [2.24, 2.45) is 5.16 Å². The van der Waals surface area contributed by atoms with E-state index in [1.54, 1.807) is 24.3 Å². The number of nitrogens with one attached hydrogen (secondary N) is 1. The van der Waals surface area contributed by atoms with Gasteiger partial charge in [0.15, 0.2) is 10.8 Å². The number of carboxylic acids is 1. The zero-order valence-corrected chi connectivity index (χ0v) is 17.5. The molecule has 0 saturated carbocycles. The van der Waals surface area contributed by atoms with E-state index in [1.165, 1.54) is 24.1 Å². The molecule has 0 radical (unpaired) electrons. The van der Waals surface area contributed by atoms with Crippen LogP contribution in [0.1, 0.15) is 25.1 Å². The smallest absolute Gasteiger partial charge is 0.350 e. The highest BCUT2D eigenvalue weighted by Gasteiger charge is 2.40. The molecule has 3 rings (SSSR count). The minimum Gasteiger partial charge on any atom is -0.478 e. The maximum absolute atomic E-state index is 12.8.